The Morgan fingerprint density at radius 2 is 2.53 bits per heavy atom. The molecular formula is C9H12N2O3S. The third kappa shape index (κ3) is 3.41. The lowest BCUT2D eigenvalue weighted by atomic mass is 10.4. The van der Waals surface area contributed by atoms with Gasteiger partial charge in [-0.25, -0.2) is 4.98 Å². The third-order valence-electron chi connectivity index (χ3n) is 1.65. The van der Waals surface area contributed by atoms with Crippen LogP contribution < -0.4 is 5.73 Å². The predicted octanol–water partition coefficient (Wildman–Crippen LogP) is 0.856. The normalized spacial score (nSPS) is 12.3. The molecule has 0 bridgehead atoms. The maximum Gasteiger partial charge on any atom is 0.319 e. The molecule has 5 nitrogen and oxygen atoms in total. The van der Waals surface area contributed by atoms with Crippen molar-refractivity contribution < 1.29 is 14.6 Å². The molecule has 1 heterocycles. The molecule has 0 fully saturated rings. The summed E-state index contributed by atoms with van der Waals surface area (Å²) in [6, 6.07) is 3.38. The fourth-order valence-corrected chi connectivity index (χ4v) is 1.84. The number of carboxylic acid groups (broad SMARTS) is 1. The molecule has 0 aliphatic carbocycles. The van der Waals surface area contributed by atoms with Crippen molar-refractivity contribution in [3.8, 4) is 0 Å². The quantitative estimate of drug-likeness (QED) is 0.727. The fourth-order valence-electron chi connectivity index (χ4n) is 0.944. The van der Waals surface area contributed by atoms with Crippen LogP contribution in [0.2, 0.25) is 0 Å². The summed E-state index contributed by atoms with van der Waals surface area (Å²) in [5.41, 5.74) is 6.12. The van der Waals surface area contributed by atoms with E-state index in [9.17, 15) is 4.79 Å². The summed E-state index contributed by atoms with van der Waals surface area (Å²) < 4.78 is 4.81. The van der Waals surface area contributed by atoms with Gasteiger partial charge in [-0.15, -0.1) is 0 Å². The van der Waals surface area contributed by atoms with Crippen molar-refractivity contribution >= 4 is 23.4 Å². The van der Waals surface area contributed by atoms with Crippen LogP contribution in [0, 0.1) is 0 Å². The first kappa shape index (κ1) is 11.8. The van der Waals surface area contributed by atoms with Gasteiger partial charge in [0.15, 0.2) is 0 Å². The Hall–Kier alpha value is -1.27. The highest BCUT2D eigenvalue weighted by Crippen LogP contribution is 2.26. The summed E-state index contributed by atoms with van der Waals surface area (Å²) in [5, 5.41) is 8.72. The van der Waals surface area contributed by atoms with Gasteiger partial charge in [-0.2, -0.15) is 0 Å². The molecule has 3 N–H and O–H groups in total. The van der Waals surface area contributed by atoms with Gasteiger partial charge in [0.2, 0.25) is 0 Å². The molecule has 0 saturated carbocycles. The average molecular weight is 228 g/mol. The number of nitrogen functional groups attached to an aromatic ring is 1. The number of methoxy groups -OCH3 is 1. The first-order valence-electron chi connectivity index (χ1n) is 4.24. The largest absolute Gasteiger partial charge is 0.480 e. The second-order valence-electron chi connectivity index (χ2n) is 2.80. The maximum atomic E-state index is 10.8. The number of aromatic nitrogens is 1. The van der Waals surface area contributed by atoms with E-state index >= 15 is 0 Å². The number of nitrogens with two attached hydrogens (primary N) is 1. The number of rotatable bonds is 5. The zero-order valence-electron chi connectivity index (χ0n) is 8.21. The highest BCUT2D eigenvalue weighted by molar-refractivity contribution is 8.00. The lowest BCUT2D eigenvalue weighted by Crippen LogP contribution is -2.22. The van der Waals surface area contributed by atoms with E-state index in [1.54, 1.807) is 18.3 Å². The van der Waals surface area contributed by atoms with E-state index in [1.165, 1.54) is 7.11 Å². The smallest absolute Gasteiger partial charge is 0.319 e. The summed E-state index contributed by atoms with van der Waals surface area (Å²) in [6.07, 6.45) is 1.57. The fraction of sp³-hybridized carbons (Fsp3) is 0.333. The summed E-state index contributed by atoms with van der Waals surface area (Å²) in [7, 11) is 1.46. The Morgan fingerprint density at radius 1 is 1.80 bits per heavy atom. The average Bonchev–Trinajstić information content (AvgIpc) is 2.20. The van der Waals surface area contributed by atoms with Crippen molar-refractivity contribution in [1.82, 2.24) is 4.98 Å². The SMILES string of the molecule is COCC(Sc1ncccc1N)C(=O)O. The molecule has 0 saturated heterocycles. The first-order valence-corrected chi connectivity index (χ1v) is 5.12. The van der Waals surface area contributed by atoms with E-state index in [0.29, 0.717) is 10.7 Å². The van der Waals surface area contributed by atoms with Crippen LogP contribution in [0.25, 0.3) is 0 Å². The molecule has 82 valence electrons. The number of carbonyl (C=O) groups is 1. The van der Waals surface area contributed by atoms with Crippen molar-refractivity contribution in [2.45, 2.75) is 10.3 Å². The second-order valence-corrected chi connectivity index (χ2v) is 3.99. The summed E-state index contributed by atoms with van der Waals surface area (Å²) in [5.74, 6) is -0.938. The van der Waals surface area contributed by atoms with Crippen LogP contribution in [0.1, 0.15) is 0 Å². The molecular weight excluding hydrogens is 216 g/mol. The molecule has 1 aromatic heterocycles. The Kier molecular flexibility index (Phi) is 4.38. The van der Waals surface area contributed by atoms with Gasteiger partial charge in [0, 0.05) is 13.3 Å². The monoisotopic (exact) mass is 228 g/mol. The number of carboxylic acids is 1. The maximum absolute atomic E-state index is 10.8. The number of thioether (sulfide) groups is 1. The van der Waals surface area contributed by atoms with Gasteiger partial charge in [0.25, 0.3) is 0 Å². The summed E-state index contributed by atoms with van der Waals surface area (Å²) in [6.45, 7) is 0.121. The first-order chi connectivity index (χ1) is 7.15. The Balaban J connectivity index is 2.74. The van der Waals surface area contributed by atoms with Gasteiger partial charge in [0.1, 0.15) is 10.3 Å². The van der Waals surface area contributed by atoms with Gasteiger partial charge in [-0.05, 0) is 12.1 Å². The van der Waals surface area contributed by atoms with Gasteiger partial charge >= 0.3 is 5.97 Å². The minimum atomic E-state index is -0.938. The molecule has 0 spiro atoms. The van der Waals surface area contributed by atoms with Gasteiger partial charge in [0.05, 0.1) is 12.3 Å². The highest BCUT2D eigenvalue weighted by atomic mass is 32.2. The minimum absolute atomic E-state index is 0.121. The zero-order chi connectivity index (χ0) is 11.3. The minimum Gasteiger partial charge on any atom is -0.480 e. The third-order valence-corrected chi connectivity index (χ3v) is 2.83. The van der Waals surface area contributed by atoms with Crippen molar-refractivity contribution in [3.05, 3.63) is 18.3 Å². The van der Waals surface area contributed by atoms with Crippen LogP contribution in [0.3, 0.4) is 0 Å². The van der Waals surface area contributed by atoms with E-state index in [2.05, 4.69) is 4.98 Å². The number of anilines is 1. The van der Waals surface area contributed by atoms with Crippen LogP contribution in [0.15, 0.2) is 23.4 Å². The van der Waals surface area contributed by atoms with Crippen LogP contribution in [0.4, 0.5) is 5.69 Å². The Labute approximate surface area is 91.6 Å². The van der Waals surface area contributed by atoms with Crippen LogP contribution in [-0.4, -0.2) is 35.0 Å². The Morgan fingerprint density at radius 3 is 3.07 bits per heavy atom. The molecule has 0 aromatic carbocycles. The van der Waals surface area contributed by atoms with Gasteiger partial charge in [-0.3, -0.25) is 4.79 Å². The molecule has 15 heavy (non-hydrogen) atoms. The van der Waals surface area contributed by atoms with E-state index in [0.717, 1.165) is 11.8 Å². The van der Waals surface area contributed by atoms with E-state index in [-0.39, 0.29) is 6.61 Å². The van der Waals surface area contributed by atoms with Crippen LogP contribution in [0.5, 0.6) is 0 Å². The molecule has 0 aliphatic heterocycles. The molecule has 1 atom stereocenters. The van der Waals surface area contributed by atoms with Gasteiger partial charge in [-0.1, -0.05) is 11.8 Å². The number of pyridine rings is 1. The Bertz CT molecular complexity index is 346. The zero-order valence-corrected chi connectivity index (χ0v) is 9.03. The number of hydrogen-bond acceptors (Lipinski definition) is 5. The number of ether oxygens (including phenoxy) is 1. The molecule has 1 rings (SSSR count). The molecule has 0 amide bonds. The molecule has 1 aromatic rings. The van der Waals surface area contributed by atoms with Gasteiger partial charge < -0.3 is 15.6 Å². The lowest BCUT2D eigenvalue weighted by Gasteiger charge is -2.11. The standard InChI is InChI=1S/C9H12N2O3S/c1-14-5-7(9(12)13)15-8-6(10)3-2-4-11-8/h2-4,7H,5,10H2,1H3,(H,12,13). The molecule has 6 heteroatoms. The molecule has 0 radical (unpaired) electrons. The molecule has 1 unspecified atom stereocenters. The van der Waals surface area contributed by atoms with Crippen LogP contribution in [-0.2, 0) is 9.53 Å². The van der Waals surface area contributed by atoms with E-state index < -0.39 is 11.2 Å². The molecule has 0 aliphatic rings. The van der Waals surface area contributed by atoms with Crippen molar-refractivity contribution in [3.63, 3.8) is 0 Å². The number of aliphatic carboxylic acids is 1. The summed E-state index contributed by atoms with van der Waals surface area (Å²) >= 11 is 1.09. The second kappa shape index (κ2) is 5.57. The number of hydrogen-bond donors (Lipinski definition) is 2. The topological polar surface area (TPSA) is 85.4 Å². The predicted molar refractivity (Wildman–Crippen MR) is 57.8 cm³/mol. The lowest BCUT2D eigenvalue weighted by molar-refractivity contribution is -0.137. The van der Waals surface area contributed by atoms with E-state index in [4.69, 9.17) is 15.6 Å². The number of nitrogens with zero attached hydrogens (tertiary/aromatic N) is 1. The summed E-state index contributed by atoms with van der Waals surface area (Å²) in [4.78, 5) is 14.8. The van der Waals surface area contributed by atoms with Crippen molar-refractivity contribution in [2.75, 3.05) is 19.5 Å². The highest BCUT2D eigenvalue weighted by Gasteiger charge is 2.20. The van der Waals surface area contributed by atoms with Crippen molar-refractivity contribution in [2.24, 2.45) is 0 Å². The van der Waals surface area contributed by atoms with Crippen LogP contribution >= 0.6 is 11.8 Å². The van der Waals surface area contributed by atoms with Crippen molar-refractivity contribution in [1.29, 1.82) is 0 Å². The van der Waals surface area contributed by atoms with E-state index in [1.807, 2.05) is 0 Å².